The van der Waals surface area contributed by atoms with Crippen molar-refractivity contribution in [1.82, 2.24) is 4.90 Å². The summed E-state index contributed by atoms with van der Waals surface area (Å²) in [5, 5.41) is 0. The van der Waals surface area contributed by atoms with E-state index in [2.05, 4.69) is 30.6 Å². The normalized spacial score (nSPS) is 19.0. The molecule has 0 unspecified atom stereocenters. The molecule has 1 aliphatic heterocycles. The molecule has 0 bridgehead atoms. The Morgan fingerprint density at radius 1 is 1.14 bits per heavy atom. The largest absolute Gasteiger partial charge is 0.292 e. The standard InChI is InChI=1S/C13H23N/c1-3-5-6-10-14-11-8-13(7-4-2)9-12-14/h13H,3-4,7-12H2,1-2H3. The highest BCUT2D eigenvalue weighted by molar-refractivity contribution is 5.00. The van der Waals surface area contributed by atoms with Crippen LogP contribution in [0, 0.1) is 17.8 Å². The third-order valence-electron chi connectivity index (χ3n) is 3.01. The van der Waals surface area contributed by atoms with Crippen LogP contribution in [0.4, 0.5) is 0 Å². The van der Waals surface area contributed by atoms with E-state index < -0.39 is 0 Å². The lowest BCUT2D eigenvalue weighted by atomic mass is 9.92. The van der Waals surface area contributed by atoms with Crippen molar-refractivity contribution in [3.63, 3.8) is 0 Å². The van der Waals surface area contributed by atoms with Gasteiger partial charge in [0.15, 0.2) is 0 Å². The van der Waals surface area contributed by atoms with Gasteiger partial charge in [-0.25, -0.2) is 0 Å². The first-order chi connectivity index (χ1) is 6.86. The highest BCUT2D eigenvalue weighted by atomic mass is 15.1. The molecule has 1 nitrogen and oxygen atoms in total. The summed E-state index contributed by atoms with van der Waals surface area (Å²) in [5.74, 6) is 7.36. The first kappa shape index (κ1) is 11.6. The maximum Gasteiger partial charge on any atom is 0.0601 e. The van der Waals surface area contributed by atoms with E-state index in [0.29, 0.717) is 0 Å². The summed E-state index contributed by atoms with van der Waals surface area (Å²) in [6.45, 7) is 7.93. The molecular weight excluding hydrogens is 170 g/mol. The molecule has 1 rings (SSSR count). The number of likely N-dealkylation sites (tertiary alicyclic amines) is 1. The van der Waals surface area contributed by atoms with Gasteiger partial charge in [-0.05, 0) is 31.8 Å². The molecule has 14 heavy (non-hydrogen) atoms. The van der Waals surface area contributed by atoms with Crippen LogP contribution < -0.4 is 0 Å². The van der Waals surface area contributed by atoms with Gasteiger partial charge in [-0.3, -0.25) is 4.90 Å². The molecular formula is C13H23N. The monoisotopic (exact) mass is 193 g/mol. The Morgan fingerprint density at radius 2 is 1.86 bits per heavy atom. The number of hydrogen-bond acceptors (Lipinski definition) is 1. The zero-order valence-corrected chi connectivity index (χ0v) is 9.68. The smallest absolute Gasteiger partial charge is 0.0601 e. The molecule has 1 saturated heterocycles. The zero-order valence-electron chi connectivity index (χ0n) is 9.68. The lowest BCUT2D eigenvalue weighted by Gasteiger charge is -2.30. The second kappa shape index (κ2) is 6.90. The fourth-order valence-corrected chi connectivity index (χ4v) is 2.13. The summed E-state index contributed by atoms with van der Waals surface area (Å²) in [7, 11) is 0. The van der Waals surface area contributed by atoms with Gasteiger partial charge in [-0.1, -0.05) is 32.6 Å². The molecule has 0 aromatic heterocycles. The Labute approximate surface area is 88.9 Å². The molecule has 0 atom stereocenters. The van der Waals surface area contributed by atoms with Crippen molar-refractivity contribution in [3.05, 3.63) is 0 Å². The molecule has 1 heterocycles. The maximum absolute atomic E-state index is 3.23. The van der Waals surface area contributed by atoms with Gasteiger partial charge in [0.1, 0.15) is 0 Å². The predicted molar refractivity (Wildman–Crippen MR) is 62.1 cm³/mol. The highest BCUT2D eigenvalue weighted by Gasteiger charge is 2.17. The van der Waals surface area contributed by atoms with Gasteiger partial charge in [0.25, 0.3) is 0 Å². The number of rotatable bonds is 3. The Hall–Kier alpha value is -0.480. The van der Waals surface area contributed by atoms with Crippen LogP contribution in [0.1, 0.15) is 46.0 Å². The Bertz CT molecular complexity index is 191. The number of piperidine rings is 1. The van der Waals surface area contributed by atoms with E-state index in [4.69, 9.17) is 0 Å². The van der Waals surface area contributed by atoms with Gasteiger partial charge in [-0.2, -0.15) is 0 Å². The summed E-state index contributed by atoms with van der Waals surface area (Å²) in [5.41, 5.74) is 0. The molecule has 0 N–H and O–H groups in total. The molecule has 0 saturated carbocycles. The van der Waals surface area contributed by atoms with Crippen LogP contribution in [0.5, 0.6) is 0 Å². The van der Waals surface area contributed by atoms with E-state index >= 15 is 0 Å². The van der Waals surface area contributed by atoms with Crippen LogP contribution in [0.3, 0.4) is 0 Å². The van der Waals surface area contributed by atoms with Gasteiger partial charge in [-0.15, -0.1) is 5.92 Å². The van der Waals surface area contributed by atoms with E-state index in [1.165, 1.54) is 38.8 Å². The number of nitrogens with zero attached hydrogens (tertiary/aromatic N) is 1. The lowest BCUT2D eigenvalue weighted by Crippen LogP contribution is -2.33. The minimum absolute atomic E-state index is 0.992. The van der Waals surface area contributed by atoms with Crippen molar-refractivity contribution < 1.29 is 0 Å². The zero-order chi connectivity index (χ0) is 10.2. The SMILES string of the molecule is CCC#CCN1CCC(CCC)CC1. The molecule has 1 aliphatic rings. The van der Waals surface area contributed by atoms with Crippen LogP contribution in [-0.4, -0.2) is 24.5 Å². The fraction of sp³-hybridized carbons (Fsp3) is 0.846. The molecule has 0 aliphatic carbocycles. The van der Waals surface area contributed by atoms with Crippen molar-refractivity contribution in [3.8, 4) is 11.8 Å². The Morgan fingerprint density at radius 3 is 2.43 bits per heavy atom. The highest BCUT2D eigenvalue weighted by Crippen LogP contribution is 2.21. The lowest BCUT2D eigenvalue weighted by molar-refractivity contribution is 0.196. The molecule has 0 radical (unpaired) electrons. The van der Waals surface area contributed by atoms with Gasteiger partial charge in [0.05, 0.1) is 6.54 Å². The van der Waals surface area contributed by atoms with Gasteiger partial charge in [0, 0.05) is 6.42 Å². The van der Waals surface area contributed by atoms with Crippen molar-refractivity contribution in [2.24, 2.45) is 5.92 Å². The second-order valence-corrected chi connectivity index (χ2v) is 4.22. The third-order valence-corrected chi connectivity index (χ3v) is 3.01. The van der Waals surface area contributed by atoms with E-state index in [-0.39, 0.29) is 0 Å². The fourth-order valence-electron chi connectivity index (χ4n) is 2.13. The average Bonchev–Trinajstić information content (AvgIpc) is 2.21. The summed E-state index contributed by atoms with van der Waals surface area (Å²) >= 11 is 0. The summed E-state index contributed by atoms with van der Waals surface area (Å²) in [4.78, 5) is 2.49. The first-order valence-electron chi connectivity index (χ1n) is 6.04. The molecule has 1 fully saturated rings. The predicted octanol–water partition coefficient (Wildman–Crippen LogP) is 2.91. The van der Waals surface area contributed by atoms with E-state index in [1.54, 1.807) is 0 Å². The molecule has 0 aromatic rings. The van der Waals surface area contributed by atoms with E-state index in [1.807, 2.05) is 0 Å². The van der Waals surface area contributed by atoms with Crippen molar-refractivity contribution in [2.45, 2.75) is 46.0 Å². The first-order valence-corrected chi connectivity index (χ1v) is 6.04. The molecule has 1 heteroatoms. The number of hydrogen-bond donors (Lipinski definition) is 0. The molecule has 0 aromatic carbocycles. The summed E-state index contributed by atoms with van der Waals surface area (Å²) in [6.07, 6.45) is 6.55. The van der Waals surface area contributed by atoms with Crippen molar-refractivity contribution in [2.75, 3.05) is 19.6 Å². The Balaban J connectivity index is 2.15. The minimum Gasteiger partial charge on any atom is -0.292 e. The van der Waals surface area contributed by atoms with Crippen LogP contribution in [0.15, 0.2) is 0 Å². The van der Waals surface area contributed by atoms with Crippen LogP contribution in [0.25, 0.3) is 0 Å². The quantitative estimate of drug-likeness (QED) is 0.623. The van der Waals surface area contributed by atoms with E-state index in [0.717, 1.165) is 18.9 Å². The minimum atomic E-state index is 0.992. The molecule has 80 valence electrons. The summed E-state index contributed by atoms with van der Waals surface area (Å²) in [6, 6.07) is 0. The van der Waals surface area contributed by atoms with Gasteiger partial charge in [0.2, 0.25) is 0 Å². The van der Waals surface area contributed by atoms with Crippen LogP contribution in [-0.2, 0) is 0 Å². The van der Waals surface area contributed by atoms with Gasteiger partial charge < -0.3 is 0 Å². The van der Waals surface area contributed by atoms with Crippen LogP contribution in [0.2, 0.25) is 0 Å². The molecule has 0 spiro atoms. The topological polar surface area (TPSA) is 3.24 Å². The van der Waals surface area contributed by atoms with Crippen LogP contribution >= 0.6 is 0 Å². The van der Waals surface area contributed by atoms with E-state index in [9.17, 15) is 0 Å². The third kappa shape index (κ3) is 4.15. The summed E-state index contributed by atoms with van der Waals surface area (Å²) < 4.78 is 0. The molecule has 0 amide bonds. The Kier molecular flexibility index (Phi) is 5.71. The maximum atomic E-state index is 3.23. The van der Waals surface area contributed by atoms with Crippen molar-refractivity contribution >= 4 is 0 Å². The van der Waals surface area contributed by atoms with Crippen molar-refractivity contribution in [1.29, 1.82) is 0 Å². The van der Waals surface area contributed by atoms with Gasteiger partial charge >= 0.3 is 0 Å². The second-order valence-electron chi connectivity index (χ2n) is 4.22. The average molecular weight is 193 g/mol.